The Labute approximate surface area is 241 Å². The van der Waals surface area contributed by atoms with E-state index in [1.54, 1.807) is 0 Å². The smallest absolute Gasteiger partial charge is 0.399 e. The van der Waals surface area contributed by atoms with E-state index in [1.165, 1.54) is 18.3 Å². The highest BCUT2D eigenvalue weighted by Gasteiger charge is 2.51. The Morgan fingerprint density at radius 2 is 0.861 bits per heavy atom. The van der Waals surface area contributed by atoms with Crippen molar-refractivity contribution in [2.45, 2.75) is 73.5 Å². The Kier molecular flexibility index (Phi) is 49.1. The van der Waals surface area contributed by atoms with Crippen molar-refractivity contribution < 1.29 is 18.1 Å². The highest BCUT2D eigenvalue weighted by atomic mass is 79.9. The molecule has 0 unspecified atom stereocenters. The third kappa shape index (κ3) is 23.7. The third-order valence-electron chi connectivity index (χ3n) is 4.27. The predicted molar refractivity (Wildman–Crippen MR) is 169 cm³/mol. The summed E-state index contributed by atoms with van der Waals surface area (Å²) in [5.41, 5.74) is 1.89. The molecule has 36 heavy (non-hydrogen) atoms. The van der Waals surface area contributed by atoms with Crippen LogP contribution in [0.3, 0.4) is 0 Å². The number of benzene rings is 2. The summed E-state index contributed by atoms with van der Waals surface area (Å²) >= 11 is 12.2. The largest absolute Gasteiger partial charge is 0.494 e. The summed E-state index contributed by atoms with van der Waals surface area (Å²) in [5, 5.41) is 0. The van der Waals surface area contributed by atoms with Crippen molar-refractivity contribution in [2.24, 2.45) is 0 Å². The lowest BCUT2D eigenvalue weighted by molar-refractivity contribution is 0.00578. The lowest BCUT2D eigenvalue weighted by Crippen LogP contribution is -2.41. The Hall–Kier alpha value is -0.655. The zero-order valence-corrected chi connectivity index (χ0v) is 28.2. The third-order valence-corrected chi connectivity index (χ3v) is 4.27. The van der Waals surface area contributed by atoms with Crippen LogP contribution in [0.15, 0.2) is 60.7 Å². The minimum absolute atomic E-state index is 0.240. The first-order valence-corrected chi connectivity index (χ1v) is 14.7. The van der Waals surface area contributed by atoms with Crippen molar-refractivity contribution in [3.63, 3.8) is 0 Å². The highest BCUT2D eigenvalue weighted by Crippen LogP contribution is 2.36. The standard InChI is InChI=1S/C12H17BO2.C7H8.2C2H6.CH3Br.2CH3Cl.2CH3F/c1-11(2)12(3,4)15-13(14-11)10-8-6-5-7-9-10;1-7-5-3-2-4-6-7;7*1-2/h5-9H,1-4H3;2-6H,1H3;2*1-2H3;5*1H3. The molecule has 8 heteroatoms. The summed E-state index contributed by atoms with van der Waals surface area (Å²) in [6.07, 6.45) is 2.94. The van der Waals surface area contributed by atoms with Gasteiger partial charge in [-0.3, -0.25) is 8.78 Å². The summed E-state index contributed by atoms with van der Waals surface area (Å²) in [7, 11) is 0.760. The van der Waals surface area contributed by atoms with Gasteiger partial charge in [0.1, 0.15) is 0 Å². The van der Waals surface area contributed by atoms with E-state index in [1.807, 2.05) is 82.1 Å². The van der Waals surface area contributed by atoms with E-state index in [4.69, 9.17) is 9.31 Å². The van der Waals surface area contributed by atoms with Crippen molar-refractivity contribution >= 4 is 51.7 Å². The molecule has 2 aromatic carbocycles. The zero-order chi connectivity index (χ0) is 30.2. The van der Waals surface area contributed by atoms with Crippen LogP contribution in [0.1, 0.15) is 61.0 Å². The van der Waals surface area contributed by atoms with E-state index in [2.05, 4.69) is 85.9 Å². The maximum Gasteiger partial charge on any atom is 0.494 e. The van der Waals surface area contributed by atoms with Crippen LogP contribution in [0, 0.1) is 6.92 Å². The number of hydrogen-bond donors (Lipinski definition) is 0. The van der Waals surface area contributed by atoms with Gasteiger partial charge in [0, 0.05) is 12.8 Å². The van der Waals surface area contributed by atoms with Crippen LogP contribution >= 0.6 is 39.1 Å². The molecule has 1 aliphatic heterocycles. The molecule has 0 radical (unpaired) electrons. The normalized spacial score (nSPS) is 12.5. The molecule has 1 fully saturated rings. The fourth-order valence-corrected chi connectivity index (χ4v) is 2.12. The van der Waals surface area contributed by atoms with Crippen LogP contribution in [0.25, 0.3) is 0 Å². The number of rotatable bonds is 1. The second kappa shape index (κ2) is 36.5. The minimum Gasteiger partial charge on any atom is -0.399 e. The topological polar surface area (TPSA) is 18.5 Å². The van der Waals surface area contributed by atoms with Crippen molar-refractivity contribution in [3.8, 4) is 0 Å². The van der Waals surface area contributed by atoms with Gasteiger partial charge in [-0.25, -0.2) is 0 Å². The molecular weight excluding hydrogens is 568 g/mol. The lowest BCUT2D eigenvalue weighted by Gasteiger charge is -2.32. The SMILES string of the molecule is CBr.CC.CC.CC1(C)OB(c2ccccc2)OC1(C)C.CCl.CCl.CF.CF.Cc1ccccc1. The van der Waals surface area contributed by atoms with E-state index < -0.39 is 0 Å². The zero-order valence-electron chi connectivity index (χ0n) is 25.1. The van der Waals surface area contributed by atoms with Gasteiger partial charge in [-0.15, -0.1) is 23.2 Å². The maximum absolute atomic E-state index is 9.50. The average molecular weight is 620 g/mol. The van der Waals surface area contributed by atoms with Crippen molar-refractivity contribution in [1.82, 2.24) is 0 Å². The Balaban J connectivity index is -0.0000000907. The lowest BCUT2D eigenvalue weighted by atomic mass is 9.79. The molecule has 2 nitrogen and oxygen atoms in total. The summed E-state index contributed by atoms with van der Waals surface area (Å²) in [6, 6.07) is 20.3. The van der Waals surface area contributed by atoms with Gasteiger partial charge in [0.2, 0.25) is 0 Å². The molecule has 1 saturated heterocycles. The fraction of sp³-hybridized carbons (Fsp3) is 0.571. The molecule has 0 spiro atoms. The number of halogens is 5. The van der Waals surface area contributed by atoms with Crippen molar-refractivity contribution in [2.75, 3.05) is 33.0 Å². The van der Waals surface area contributed by atoms with Crippen molar-refractivity contribution in [1.29, 1.82) is 0 Å². The molecule has 0 amide bonds. The van der Waals surface area contributed by atoms with Gasteiger partial charge in [0.25, 0.3) is 0 Å². The second-order valence-electron chi connectivity index (χ2n) is 6.65. The van der Waals surface area contributed by atoms with E-state index in [-0.39, 0.29) is 18.3 Å². The predicted octanol–water partition coefficient (Wildman–Crippen LogP) is 9.93. The molecule has 3 rings (SSSR count). The maximum atomic E-state index is 9.50. The van der Waals surface area contributed by atoms with Crippen LogP contribution in [0.5, 0.6) is 0 Å². The van der Waals surface area contributed by atoms with Gasteiger partial charge in [-0.2, -0.15) is 0 Å². The molecule has 0 aliphatic carbocycles. The molecule has 0 saturated carbocycles. The second-order valence-corrected chi connectivity index (χ2v) is 6.65. The van der Waals surface area contributed by atoms with Gasteiger partial charge < -0.3 is 9.31 Å². The van der Waals surface area contributed by atoms with Crippen LogP contribution in [-0.4, -0.2) is 51.3 Å². The van der Waals surface area contributed by atoms with Crippen LogP contribution in [0.2, 0.25) is 0 Å². The molecule has 0 aromatic heterocycles. The summed E-state index contributed by atoms with van der Waals surface area (Å²) in [4.78, 5) is 0. The molecule has 214 valence electrons. The van der Waals surface area contributed by atoms with Gasteiger partial charge in [0.15, 0.2) is 0 Å². The first-order valence-electron chi connectivity index (χ1n) is 11.6. The van der Waals surface area contributed by atoms with Crippen LogP contribution in [0.4, 0.5) is 8.78 Å². The summed E-state index contributed by atoms with van der Waals surface area (Å²) in [6.45, 7) is 18.3. The van der Waals surface area contributed by atoms with E-state index in [9.17, 15) is 8.78 Å². The number of hydrogen-bond acceptors (Lipinski definition) is 2. The van der Waals surface area contributed by atoms with Crippen LogP contribution in [-0.2, 0) is 9.31 Å². The van der Waals surface area contributed by atoms with E-state index >= 15 is 0 Å². The highest BCUT2D eigenvalue weighted by molar-refractivity contribution is 9.08. The molecule has 0 N–H and O–H groups in total. The van der Waals surface area contributed by atoms with Gasteiger partial charge in [-0.1, -0.05) is 110 Å². The average Bonchev–Trinajstić information content (AvgIpc) is 3.20. The molecular formula is C28H52BBrCl2F2O2. The fourth-order valence-electron chi connectivity index (χ4n) is 2.12. The first kappa shape index (κ1) is 48.4. The summed E-state index contributed by atoms with van der Waals surface area (Å²) < 4.78 is 30.9. The number of alkyl halides is 5. The van der Waals surface area contributed by atoms with E-state index in [0.29, 0.717) is 14.4 Å². The molecule has 2 aromatic rings. The van der Waals surface area contributed by atoms with Crippen molar-refractivity contribution in [3.05, 3.63) is 66.2 Å². The van der Waals surface area contributed by atoms with Gasteiger partial charge >= 0.3 is 7.12 Å². The molecule has 1 aliphatic rings. The molecule has 1 heterocycles. The van der Waals surface area contributed by atoms with Gasteiger partial charge in [0.05, 0.1) is 25.6 Å². The Morgan fingerprint density at radius 1 is 0.611 bits per heavy atom. The Morgan fingerprint density at radius 3 is 1.08 bits per heavy atom. The summed E-state index contributed by atoms with van der Waals surface area (Å²) in [5.74, 6) is 1.81. The van der Waals surface area contributed by atoms with Gasteiger partial charge in [-0.05, 0) is 45.9 Å². The minimum atomic E-state index is -0.256. The molecule has 0 bridgehead atoms. The Bertz CT molecular complexity index is 593. The first-order chi connectivity index (χ1) is 17.3. The quantitative estimate of drug-likeness (QED) is 0.234. The monoisotopic (exact) mass is 618 g/mol. The van der Waals surface area contributed by atoms with E-state index in [0.717, 1.165) is 5.46 Å². The molecule has 0 atom stereocenters. The van der Waals surface area contributed by atoms with Crippen LogP contribution < -0.4 is 5.46 Å². The number of aryl methyl sites for hydroxylation is 1.